The normalized spacial score (nSPS) is 14.4. The number of esters is 1. The van der Waals surface area contributed by atoms with Crippen molar-refractivity contribution in [2.24, 2.45) is 0 Å². The van der Waals surface area contributed by atoms with Gasteiger partial charge in [0.25, 0.3) is 0 Å². The average molecular weight is 296 g/mol. The zero-order valence-electron chi connectivity index (χ0n) is 10.7. The van der Waals surface area contributed by atoms with Crippen molar-refractivity contribution in [2.75, 3.05) is 7.11 Å². The lowest BCUT2D eigenvalue weighted by molar-refractivity contribution is -0.141. The molecule has 1 saturated carbocycles. The fourth-order valence-electron chi connectivity index (χ4n) is 1.55. The van der Waals surface area contributed by atoms with Gasteiger partial charge in [-0.15, -0.1) is 5.10 Å². The van der Waals surface area contributed by atoms with Crippen LogP contribution in [0.1, 0.15) is 30.5 Å². The molecule has 1 fully saturated rings. The smallest absolute Gasteiger partial charge is 0.327 e. The first kappa shape index (κ1) is 13.0. The molecular weight excluding hydrogens is 284 g/mol. The highest BCUT2D eigenvalue weighted by molar-refractivity contribution is 7.98. The Morgan fingerprint density at radius 3 is 3.15 bits per heavy atom. The van der Waals surface area contributed by atoms with Gasteiger partial charge >= 0.3 is 5.97 Å². The van der Waals surface area contributed by atoms with Gasteiger partial charge in [-0.05, 0) is 23.3 Å². The summed E-state index contributed by atoms with van der Waals surface area (Å²) in [5, 5.41) is 15.5. The number of tetrazole rings is 1. The third-order valence-corrected chi connectivity index (χ3v) is 3.70. The lowest BCUT2D eigenvalue weighted by Crippen LogP contribution is -2.13. The molecule has 106 valence electrons. The number of methoxy groups -OCH3 is 1. The van der Waals surface area contributed by atoms with Gasteiger partial charge in [-0.25, -0.2) is 4.68 Å². The van der Waals surface area contributed by atoms with E-state index in [1.54, 1.807) is 0 Å². The van der Waals surface area contributed by atoms with E-state index in [4.69, 9.17) is 4.52 Å². The zero-order valence-corrected chi connectivity index (χ0v) is 11.5. The summed E-state index contributed by atoms with van der Waals surface area (Å²) in [7, 11) is 1.32. The largest absolute Gasteiger partial charge is 0.468 e. The molecule has 1 aliphatic rings. The van der Waals surface area contributed by atoms with Crippen LogP contribution in [0.3, 0.4) is 0 Å². The molecule has 0 saturated heterocycles. The maximum atomic E-state index is 11.2. The SMILES string of the molecule is COC(=O)Cn1nnnc1SCc1nc(C2CC2)no1. The van der Waals surface area contributed by atoms with Gasteiger partial charge in [0.05, 0.1) is 12.9 Å². The van der Waals surface area contributed by atoms with Crippen LogP contribution < -0.4 is 0 Å². The molecule has 0 aliphatic heterocycles. The van der Waals surface area contributed by atoms with Gasteiger partial charge in [0.1, 0.15) is 6.54 Å². The van der Waals surface area contributed by atoms with Crippen LogP contribution in [-0.4, -0.2) is 43.4 Å². The number of thioether (sulfide) groups is 1. The number of ether oxygens (including phenoxy) is 1. The van der Waals surface area contributed by atoms with E-state index in [-0.39, 0.29) is 6.54 Å². The molecule has 0 bridgehead atoms. The summed E-state index contributed by atoms with van der Waals surface area (Å²) < 4.78 is 11.1. The second kappa shape index (κ2) is 5.57. The minimum absolute atomic E-state index is 0.0248. The molecule has 0 N–H and O–H groups in total. The predicted octanol–water partition coefficient (Wildman–Crippen LogP) is 0.399. The zero-order chi connectivity index (χ0) is 13.9. The predicted molar refractivity (Wildman–Crippen MR) is 65.7 cm³/mol. The van der Waals surface area contributed by atoms with Crippen molar-refractivity contribution >= 4 is 17.7 Å². The van der Waals surface area contributed by atoms with E-state index in [1.807, 2.05) is 0 Å². The van der Waals surface area contributed by atoms with Crippen molar-refractivity contribution in [1.82, 2.24) is 30.3 Å². The number of carbonyl (C=O) groups excluding carboxylic acids is 1. The third kappa shape index (κ3) is 2.95. The highest BCUT2D eigenvalue weighted by Crippen LogP contribution is 2.38. The summed E-state index contributed by atoms with van der Waals surface area (Å²) in [6, 6.07) is 0. The van der Waals surface area contributed by atoms with E-state index in [2.05, 4.69) is 30.4 Å². The fraction of sp³-hybridized carbons (Fsp3) is 0.600. The van der Waals surface area contributed by atoms with E-state index in [0.29, 0.717) is 22.7 Å². The van der Waals surface area contributed by atoms with Crippen LogP contribution in [0.2, 0.25) is 0 Å². The maximum absolute atomic E-state index is 11.2. The number of nitrogens with zero attached hydrogens (tertiary/aromatic N) is 6. The topological polar surface area (TPSA) is 109 Å². The summed E-state index contributed by atoms with van der Waals surface area (Å²) in [6.07, 6.45) is 2.26. The van der Waals surface area contributed by atoms with Crippen molar-refractivity contribution in [3.05, 3.63) is 11.7 Å². The van der Waals surface area contributed by atoms with Crippen LogP contribution in [0.4, 0.5) is 0 Å². The summed E-state index contributed by atoms with van der Waals surface area (Å²) in [5.41, 5.74) is 0. The van der Waals surface area contributed by atoms with Gasteiger partial charge in [0.15, 0.2) is 5.82 Å². The van der Waals surface area contributed by atoms with Gasteiger partial charge in [-0.2, -0.15) is 4.98 Å². The Balaban J connectivity index is 1.59. The van der Waals surface area contributed by atoms with Crippen molar-refractivity contribution in [3.63, 3.8) is 0 Å². The lowest BCUT2D eigenvalue weighted by Gasteiger charge is -2.01. The molecule has 0 amide bonds. The number of hydrogen-bond donors (Lipinski definition) is 0. The molecule has 0 radical (unpaired) electrons. The quantitative estimate of drug-likeness (QED) is 0.552. The van der Waals surface area contributed by atoms with Crippen molar-refractivity contribution in [1.29, 1.82) is 0 Å². The molecule has 20 heavy (non-hydrogen) atoms. The summed E-state index contributed by atoms with van der Waals surface area (Å²) in [4.78, 5) is 15.5. The van der Waals surface area contributed by atoms with E-state index in [1.165, 1.54) is 23.6 Å². The van der Waals surface area contributed by atoms with Crippen LogP contribution in [0, 0.1) is 0 Å². The van der Waals surface area contributed by atoms with Gasteiger partial charge in [-0.1, -0.05) is 16.9 Å². The van der Waals surface area contributed by atoms with Gasteiger partial charge in [-0.3, -0.25) is 4.79 Å². The standard InChI is InChI=1S/C10H12N6O3S/c1-18-8(17)4-16-10(12-14-15-16)20-5-7-11-9(13-19-7)6-2-3-6/h6H,2-5H2,1H3. The number of aromatic nitrogens is 6. The molecule has 3 rings (SSSR count). The Morgan fingerprint density at radius 2 is 2.40 bits per heavy atom. The van der Waals surface area contributed by atoms with Gasteiger partial charge < -0.3 is 9.26 Å². The first-order valence-corrected chi connectivity index (χ1v) is 7.03. The molecular formula is C10H12N6O3S. The summed E-state index contributed by atoms with van der Waals surface area (Å²) >= 11 is 1.33. The molecule has 2 aromatic heterocycles. The molecule has 0 spiro atoms. The highest BCUT2D eigenvalue weighted by atomic mass is 32.2. The second-order valence-corrected chi connectivity index (χ2v) is 5.25. The Kier molecular flexibility index (Phi) is 3.63. The molecule has 0 atom stereocenters. The van der Waals surface area contributed by atoms with Crippen LogP contribution in [0.5, 0.6) is 0 Å². The minimum atomic E-state index is -0.409. The highest BCUT2D eigenvalue weighted by Gasteiger charge is 2.28. The maximum Gasteiger partial charge on any atom is 0.327 e. The summed E-state index contributed by atoms with van der Waals surface area (Å²) in [5.74, 6) is 1.82. The number of carbonyl (C=O) groups is 1. The first-order chi connectivity index (χ1) is 9.76. The Hall–Kier alpha value is -1.97. The molecule has 2 heterocycles. The molecule has 0 unspecified atom stereocenters. The van der Waals surface area contributed by atoms with Crippen LogP contribution in [0.15, 0.2) is 9.68 Å². The number of hydrogen-bond acceptors (Lipinski definition) is 9. The van der Waals surface area contributed by atoms with Crippen molar-refractivity contribution < 1.29 is 14.1 Å². The van der Waals surface area contributed by atoms with E-state index in [0.717, 1.165) is 18.7 Å². The first-order valence-electron chi connectivity index (χ1n) is 6.04. The monoisotopic (exact) mass is 296 g/mol. The summed E-state index contributed by atoms with van der Waals surface area (Å²) in [6.45, 7) is -0.0248. The van der Waals surface area contributed by atoms with Crippen molar-refractivity contribution in [2.45, 2.75) is 36.2 Å². The van der Waals surface area contributed by atoms with Crippen LogP contribution >= 0.6 is 11.8 Å². The molecule has 9 nitrogen and oxygen atoms in total. The average Bonchev–Trinajstić information content (AvgIpc) is 3.04. The second-order valence-electron chi connectivity index (χ2n) is 4.30. The lowest BCUT2D eigenvalue weighted by atomic mass is 10.4. The minimum Gasteiger partial charge on any atom is -0.468 e. The van der Waals surface area contributed by atoms with E-state index >= 15 is 0 Å². The van der Waals surface area contributed by atoms with E-state index in [9.17, 15) is 4.79 Å². The molecule has 10 heteroatoms. The Morgan fingerprint density at radius 1 is 1.55 bits per heavy atom. The molecule has 1 aliphatic carbocycles. The van der Waals surface area contributed by atoms with Crippen LogP contribution in [0.25, 0.3) is 0 Å². The van der Waals surface area contributed by atoms with E-state index < -0.39 is 5.97 Å². The molecule has 0 aromatic carbocycles. The molecule has 2 aromatic rings. The fourth-order valence-corrected chi connectivity index (χ4v) is 2.26. The van der Waals surface area contributed by atoms with Crippen molar-refractivity contribution in [3.8, 4) is 0 Å². The van der Waals surface area contributed by atoms with Gasteiger partial charge in [0.2, 0.25) is 11.0 Å². The van der Waals surface area contributed by atoms with Gasteiger partial charge in [0, 0.05) is 5.92 Å². The third-order valence-electron chi connectivity index (χ3n) is 2.76. The Bertz CT molecular complexity index is 608. The number of rotatable bonds is 6. The van der Waals surface area contributed by atoms with Crippen LogP contribution in [-0.2, 0) is 21.8 Å². The Labute approximate surface area is 118 Å².